The van der Waals surface area contributed by atoms with Gasteiger partial charge in [0.15, 0.2) is 5.82 Å². The Morgan fingerprint density at radius 1 is 1.13 bits per heavy atom. The van der Waals surface area contributed by atoms with Crippen molar-refractivity contribution < 1.29 is 0 Å². The van der Waals surface area contributed by atoms with Gasteiger partial charge < -0.3 is 0 Å². The highest BCUT2D eigenvalue weighted by Gasteiger charge is 2.16. The average Bonchev–Trinajstić information content (AvgIpc) is 2.67. The van der Waals surface area contributed by atoms with Gasteiger partial charge in [-0.1, -0.05) is 20.8 Å². The van der Waals surface area contributed by atoms with Crippen LogP contribution in [0.25, 0.3) is 5.82 Å². The second kappa shape index (κ2) is 3.46. The molecule has 0 aliphatic carbocycles. The van der Waals surface area contributed by atoms with Crippen molar-refractivity contribution in [1.29, 1.82) is 0 Å². The fourth-order valence-electron chi connectivity index (χ4n) is 1.24. The van der Waals surface area contributed by atoms with E-state index in [9.17, 15) is 0 Å². The molecule has 0 saturated heterocycles. The third-order valence-corrected chi connectivity index (χ3v) is 2.23. The molecule has 15 heavy (non-hydrogen) atoms. The normalized spacial score (nSPS) is 11.7. The molecule has 2 heterocycles. The van der Waals surface area contributed by atoms with Gasteiger partial charge in [0.25, 0.3) is 0 Å². The van der Waals surface area contributed by atoms with Crippen molar-refractivity contribution >= 4 is 0 Å². The topological polar surface area (TPSA) is 43.6 Å². The maximum Gasteiger partial charge on any atom is 0.171 e. The third kappa shape index (κ3) is 2.03. The number of aromatic nitrogens is 4. The summed E-state index contributed by atoms with van der Waals surface area (Å²) in [5.41, 5.74) is 1.30. The average molecular weight is 202 g/mol. The summed E-state index contributed by atoms with van der Waals surface area (Å²) < 4.78 is 1.74. The molecule has 0 bridgehead atoms. The van der Waals surface area contributed by atoms with E-state index in [1.165, 1.54) is 5.56 Å². The zero-order valence-electron chi connectivity index (χ0n) is 9.18. The SMILES string of the molecule is CC(C)(C)c1cnn(-c2cnccn2)c1. The van der Waals surface area contributed by atoms with Gasteiger partial charge in [0, 0.05) is 18.6 Å². The Bertz CT molecular complexity index is 439. The molecule has 0 saturated carbocycles. The van der Waals surface area contributed by atoms with Crippen molar-refractivity contribution in [3.05, 3.63) is 36.5 Å². The first kappa shape index (κ1) is 9.83. The monoisotopic (exact) mass is 202 g/mol. The molecule has 2 rings (SSSR count). The van der Waals surface area contributed by atoms with Crippen LogP contribution in [-0.4, -0.2) is 19.7 Å². The third-order valence-electron chi connectivity index (χ3n) is 2.23. The summed E-state index contributed by atoms with van der Waals surface area (Å²) in [6.45, 7) is 6.47. The smallest absolute Gasteiger partial charge is 0.171 e. The van der Waals surface area contributed by atoms with Crippen molar-refractivity contribution in [3.8, 4) is 5.82 Å². The van der Waals surface area contributed by atoms with Crippen molar-refractivity contribution in [2.75, 3.05) is 0 Å². The highest BCUT2D eigenvalue weighted by Crippen LogP contribution is 2.21. The van der Waals surface area contributed by atoms with Crippen molar-refractivity contribution in [1.82, 2.24) is 19.7 Å². The van der Waals surface area contributed by atoms with Crippen LogP contribution in [0.4, 0.5) is 0 Å². The summed E-state index contributed by atoms with van der Waals surface area (Å²) >= 11 is 0. The fraction of sp³-hybridized carbons (Fsp3) is 0.364. The molecule has 2 aromatic heterocycles. The van der Waals surface area contributed by atoms with Gasteiger partial charge in [-0.3, -0.25) is 4.98 Å². The summed E-state index contributed by atoms with van der Waals surface area (Å²) in [7, 11) is 0. The second-order valence-electron chi connectivity index (χ2n) is 4.49. The molecule has 0 spiro atoms. The lowest BCUT2D eigenvalue weighted by Crippen LogP contribution is -2.09. The Balaban J connectivity index is 2.37. The van der Waals surface area contributed by atoms with Crippen LogP contribution in [0.5, 0.6) is 0 Å². The summed E-state index contributed by atoms with van der Waals surface area (Å²) in [4.78, 5) is 8.19. The van der Waals surface area contributed by atoms with E-state index in [-0.39, 0.29) is 5.41 Å². The first-order valence-electron chi connectivity index (χ1n) is 4.89. The zero-order valence-corrected chi connectivity index (χ0v) is 9.18. The highest BCUT2D eigenvalue weighted by molar-refractivity contribution is 5.22. The zero-order chi connectivity index (χ0) is 10.9. The maximum absolute atomic E-state index is 4.27. The molecule has 0 N–H and O–H groups in total. The maximum atomic E-state index is 4.27. The largest absolute Gasteiger partial charge is 0.259 e. The molecule has 2 aromatic rings. The molecule has 0 atom stereocenters. The Hall–Kier alpha value is -1.71. The van der Waals surface area contributed by atoms with Gasteiger partial charge in [-0.2, -0.15) is 5.10 Å². The quantitative estimate of drug-likeness (QED) is 0.710. The van der Waals surface area contributed by atoms with Crippen LogP contribution >= 0.6 is 0 Å². The lowest BCUT2D eigenvalue weighted by atomic mass is 9.90. The number of hydrogen-bond donors (Lipinski definition) is 0. The van der Waals surface area contributed by atoms with Gasteiger partial charge in [0.05, 0.1) is 12.4 Å². The summed E-state index contributed by atoms with van der Waals surface area (Å²) in [5.74, 6) is 0.744. The van der Waals surface area contributed by atoms with Gasteiger partial charge in [-0.05, 0) is 11.0 Å². The second-order valence-corrected chi connectivity index (χ2v) is 4.49. The molecule has 0 radical (unpaired) electrons. The van der Waals surface area contributed by atoms with E-state index < -0.39 is 0 Å². The fourth-order valence-corrected chi connectivity index (χ4v) is 1.24. The van der Waals surface area contributed by atoms with Gasteiger partial charge in [-0.25, -0.2) is 9.67 Å². The van der Waals surface area contributed by atoms with Crippen LogP contribution in [0, 0.1) is 0 Å². The van der Waals surface area contributed by atoms with E-state index in [1.54, 1.807) is 23.3 Å². The Morgan fingerprint density at radius 3 is 2.47 bits per heavy atom. The van der Waals surface area contributed by atoms with Crippen LogP contribution < -0.4 is 0 Å². The predicted octanol–water partition coefficient (Wildman–Crippen LogP) is 1.96. The summed E-state index contributed by atoms with van der Waals surface area (Å²) in [5, 5.41) is 4.27. The molecular weight excluding hydrogens is 188 g/mol. The summed E-state index contributed by atoms with van der Waals surface area (Å²) in [6.07, 6.45) is 8.86. The molecule has 78 valence electrons. The molecule has 0 amide bonds. The highest BCUT2D eigenvalue weighted by atomic mass is 15.3. The van der Waals surface area contributed by atoms with Crippen LogP contribution in [0.2, 0.25) is 0 Å². The van der Waals surface area contributed by atoms with Crippen molar-refractivity contribution in [2.24, 2.45) is 0 Å². The van der Waals surface area contributed by atoms with E-state index in [4.69, 9.17) is 0 Å². The molecule has 0 aliphatic heterocycles. The van der Waals surface area contributed by atoms with Gasteiger partial charge in [0.1, 0.15) is 0 Å². The van der Waals surface area contributed by atoms with E-state index in [1.807, 2.05) is 12.4 Å². The van der Waals surface area contributed by atoms with Crippen LogP contribution in [0.1, 0.15) is 26.3 Å². The Kier molecular flexibility index (Phi) is 2.26. The van der Waals surface area contributed by atoms with E-state index >= 15 is 0 Å². The first-order chi connectivity index (χ1) is 7.07. The standard InChI is InChI=1S/C11H14N4/c1-11(2,3)9-6-14-15(8-9)10-7-12-4-5-13-10/h4-8H,1-3H3. The molecule has 4 heteroatoms. The minimum Gasteiger partial charge on any atom is -0.259 e. The minimum absolute atomic E-state index is 0.112. The Morgan fingerprint density at radius 2 is 1.93 bits per heavy atom. The number of hydrogen-bond acceptors (Lipinski definition) is 3. The molecule has 0 aliphatic rings. The van der Waals surface area contributed by atoms with E-state index in [0.29, 0.717) is 0 Å². The molecule has 0 unspecified atom stereocenters. The van der Waals surface area contributed by atoms with Crippen LogP contribution in [-0.2, 0) is 5.41 Å². The van der Waals surface area contributed by atoms with Crippen LogP contribution in [0.15, 0.2) is 31.0 Å². The lowest BCUT2D eigenvalue weighted by Gasteiger charge is -2.14. The minimum atomic E-state index is 0.112. The summed E-state index contributed by atoms with van der Waals surface area (Å²) in [6, 6.07) is 0. The molecule has 0 aromatic carbocycles. The Labute approximate surface area is 89.0 Å². The van der Waals surface area contributed by atoms with Crippen molar-refractivity contribution in [2.45, 2.75) is 26.2 Å². The lowest BCUT2D eigenvalue weighted by molar-refractivity contribution is 0.590. The molecule has 4 nitrogen and oxygen atoms in total. The van der Waals surface area contributed by atoms with Gasteiger partial charge in [-0.15, -0.1) is 0 Å². The predicted molar refractivity (Wildman–Crippen MR) is 57.9 cm³/mol. The molecular formula is C11H14N4. The molecule has 0 fully saturated rings. The van der Waals surface area contributed by atoms with E-state index in [0.717, 1.165) is 5.82 Å². The van der Waals surface area contributed by atoms with Gasteiger partial charge in [0.2, 0.25) is 0 Å². The van der Waals surface area contributed by atoms with E-state index in [2.05, 4.69) is 35.8 Å². The first-order valence-corrected chi connectivity index (χ1v) is 4.89. The van der Waals surface area contributed by atoms with Crippen molar-refractivity contribution in [3.63, 3.8) is 0 Å². The number of rotatable bonds is 1. The van der Waals surface area contributed by atoms with Gasteiger partial charge >= 0.3 is 0 Å². The van der Waals surface area contributed by atoms with Crippen LogP contribution in [0.3, 0.4) is 0 Å². The number of nitrogens with zero attached hydrogens (tertiary/aromatic N) is 4.